The number of quaternary nitrogens is 1. The van der Waals surface area contributed by atoms with E-state index in [9.17, 15) is 13.5 Å². The van der Waals surface area contributed by atoms with Gasteiger partial charge < -0.3 is 10.4 Å². The van der Waals surface area contributed by atoms with Crippen LogP contribution >= 0.6 is 0 Å². The average Bonchev–Trinajstić information content (AvgIpc) is 2.44. The highest BCUT2D eigenvalue weighted by Crippen LogP contribution is 2.22. The number of aliphatic hydroxyl groups excluding tert-OH is 1. The molecule has 5 heteroatoms. The van der Waals surface area contributed by atoms with E-state index in [4.69, 9.17) is 0 Å². The molecule has 1 saturated carbocycles. The molecule has 0 unspecified atom stereocenters. The quantitative estimate of drug-likeness (QED) is 0.678. The molecule has 0 aromatic heterocycles. The van der Waals surface area contributed by atoms with Crippen LogP contribution < -0.4 is 5.32 Å². The van der Waals surface area contributed by atoms with E-state index in [2.05, 4.69) is 12.2 Å². The van der Waals surface area contributed by atoms with E-state index in [1.807, 2.05) is 0 Å². The smallest absolute Gasteiger partial charge is 0.159 e. The molecule has 4 nitrogen and oxygen atoms in total. The van der Waals surface area contributed by atoms with Crippen LogP contribution in [0, 0.1) is 5.92 Å². The van der Waals surface area contributed by atoms with E-state index in [0.717, 1.165) is 6.42 Å². The molecule has 0 radical (unpaired) electrons. The summed E-state index contributed by atoms with van der Waals surface area (Å²) in [6, 6.07) is 0.372. The van der Waals surface area contributed by atoms with Crippen LogP contribution in [-0.2, 0) is 9.84 Å². The summed E-state index contributed by atoms with van der Waals surface area (Å²) in [5.74, 6) is 0.747. The first kappa shape index (κ1) is 12.3. The number of hydrogen-bond acceptors (Lipinski definition) is 3. The summed E-state index contributed by atoms with van der Waals surface area (Å²) < 4.78 is 22.8. The first-order valence-electron chi connectivity index (χ1n) is 6.21. The second-order valence-electron chi connectivity index (χ2n) is 5.43. The molecular formula is C11H22NO3S+. The van der Waals surface area contributed by atoms with Crippen LogP contribution in [0.2, 0.25) is 0 Å². The fourth-order valence-electron chi connectivity index (χ4n) is 2.99. The zero-order chi connectivity index (χ0) is 11.8. The molecule has 16 heavy (non-hydrogen) atoms. The van der Waals surface area contributed by atoms with Crippen molar-refractivity contribution in [2.24, 2.45) is 5.92 Å². The summed E-state index contributed by atoms with van der Waals surface area (Å²) in [5, 5.41) is 11.9. The van der Waals surface area contributed by atoms with Crippen LogP contribution in [0.25, 0.3) is 0 Å². The molecule has 2 rings (SSSR count). The van der Waals surface area contributed by atoms with Gasteiger partial charge in [0.05, 0.1) is 11.8 Å². The molecule has 1 aliphatic heterocycles. The molecule has 3 N–H and O–H groups in total. The average molecular weight is 248 g/mol. The molecule has 1 heterocycles. The van der Waals surface area contributed by atoms with E-state index in [1.165, 1.54) is 19.3 Å². The van der Waals surface area contributed by atoms with Crippen LogP contribution in [0.5, 0.6) is 0 Å². The number of aliphatic hydroxyl groups is 1. The molecule has 1 aliphatic carbocycles. The molecule has 4 atom stereocenters. The first-order valence-corrected chi connectivity index (χ1v) is 8.03. The van der Waals surface area contributed by atoms with E-state index >= 15 is 0 Å². The van der Waals surface area contributed by atoms with Gasteiger partial charge in [-0.3, -0.25) is 0 Å². The number of sulfone groups is 1. The molecule has 1 saturated heterocycles. The highest BCUT2D eigenvalue weighted by atomic mass is 32.2. The van der Waals surface area contributed by atoms with Gasteiger partial charge in [0.15, 0.2) is 9.84 Å². The summed E-state index contributed by atoms with van der Waals surface area (Å²) in [7, 11) is -2.99. The highest BCUT2D eigenvalue weighted by Gasteiger charge is 2.41. The summed E-state index contributed by atoms with van der Waals surface area (Å²) in [6.45, 7) is 2.23. The van der Waals surface area contributed by atoms with Crippen LogP contribution in [0.15, 0.2) is 0 Å². The first-order chi connectivity index (χ1) is 7.48. The van der Waals surface area contributed by atoms with Crippen molar-refractivity contribution >= 4 is 9.84 Å². The Morgan fingerprint density at radius 3 is 2.38 bits per heavy atom. The fraction of sp³-hybridized carbons (Fsp3) is 1.00. The van der Waals surface area contributed by atoms with Crippen molar-refractivity contribution in [1.29, 1.82) is 0 Å². The molecule has 0 spiro atoms. The molecule has 2 fully saturated rings. The van der Waals surface area contributed by atoms with Crippen molar-refractivity contribution in [3.8, 4) is 0 Å². The Balaban J connectivity index is 1.94. The van der Waals surface area contributed by atoms with Crippen molar-refractivity contribution < 1.29 is 18.8 Å². The lowest BCUT2D eigenvalue weighted by Gasteiger charge is -2.29. The zero-order valence-corrected chi connectivity index (χ0v) is 10.6. The zero-order valence-electron chi connectivity index (χ0n) is 9.80. The van der Waals surface area contributed by atoms with Crippen molar-refractivity contribution in [1.82, 2.24) is 0 Å². The van der Waals surface area contributed by atoms with Crippen molar-refractivity contribution in [3.05, 3.63) is 0 Å². The third-order valence-corrected chi connectivity index (χ3v) is 5.78. The maximum Gasteiger partial charge on any atom is 0.159 e. The Labute approximate surface area is 97.3 Å². The molecule has 94 valence electrons. The van der Waals surface area contributed by atoms with Crippen LogP contribution in [0.3, 0.4) is 0 Å². The lowest BCUT2D eigenvalue weighted by Crippen LogP contribution is -2.98. The molecular weight excluding hydrogens is 226 g/mol. The lowest BCUT2D eigenvalue weighted by atomic mass is 9.85. The van der Waals surface area contributed by atoms with Gasteiger partial charge in [-0.25, -0.2) is 8.42 Å². The third-order valence-electron chi connectivity index (χ3n) is 4.04. The van der Waals surface area contributed by atoms with Gasteiger partial charge in [-0.15, -0.1) is 0 Å². The molecule has 0 aromatic rings. The van der Waals surface area contributed by atoms with Gasteiger partial charge in [-0.1, -0.05) is 13.3 Å². The molecule has 2 aliphatic rings. The normalized spacial score (nSPS) is 43.4. The lowest BCUT2D eigenvalue weighted by molar-refractivity contribution is -0.729. The van der Waals surface area contributed by atoms with Crippen LogP contribution in [-0.4, -0.2) is 43.2 Å². The maximum absolute atomic E-state index is 11.4. The summed E-state index contributed by atoms with van der Waals surface area (Å²) >= 11 is 0. The molecule has 0 aromatic carbocycles. The molecule has 0 bridgehead atoms. The Bertz CT molecular complexity index is 341. The SMILES string of the molecule is C[C@@H]1CCCC[C@H]1[NH2+][C@@H]1CS(=O)(=O)C[C@@H]1O. The van der Waals surface area contributed by atoms with Crippen LogP contribution in [0.4, 0.5) is 0 Å². The van der Waals surface area contributed by atoms with Gasteiger partial charge in [0.1, 0.15) is 17.9 Å². The van der Waals surface area contributed by atoms with Gasteiger partial charge in [0.2, 0.25) is 0 Å². The van der Waals surface area contributed by atoms with Crippen molar-refractivity contribution in [2.45, 2.75) is 50.8 Å². The predicted molar refractivity (Wildman–Crippen MR) is 61.8 cm³/mol. The minimum absolute atomic E-state index is 0.0464. The van der Waals surface area contributed by atoms with Gasteiger partial charge in [0, 0.05) is 5.92 Å². The summed E-state index contributed by atoms with van der Waals surface area (Å²) in [5.41, 5.74) is 0. The van der Waals surface area contributed by atoms with E-state index in [0.29, 0.717) is 12.0 Å². The van der Waals surface area contributed by atoms with Gasteiger partial charge in [-0.05, 0) is 19.3 Å². The highest BCUT2D eigenvalue weighted by molar-refractivity contribution is 7.91. The largest absolute Gasteiger partial charge is 0.386 e. The van der Waals surface area contributed by atoms with E-state index in [-0.39, 0.29) is 17.5 Å². The Morgan fingerprint density at radius 2 is 1.81 bits per heavy atom. The Hall–Kier alpha value is -0.130. The topological polar surface area (TPSA) is 71.0 Å². The monoisotopic (exact) mass is 248 g/mol. The minimum atomic E-state index is -2.99. The second kappa shape index (κ2) is 4.63. The number of nitrogens with two attached hydrogens (primary N) is 1. The van der Waals surface area contributed by atoms with Crippen molar-refractivity contribution in [3.63, 3.8) is 0 Å². The predicted octanol–water partition coefficient (Wildman–Crippen LogP) is -0.714. The number of rotatable bonds is 2. The van der Waals surface area contributed by atoms with Gasteiger partial charge in [0.25, 0.3) is 0 Å². The number of hydrogen-bond donors (Lipinski definition) is 2. The summed E-state index contributed by atoms with van der Waals surface area (Å²) in [4.78, 5) is 0. The standard InChI is InChI=1S/C11H21NO3S/c1-8-4-2-3-5-9(8)12-10-6-16(14,15)7-11(10)13/h8-13H,2-7H2,1H3/p+1/t8-,9-,10-,11+/m1/s1. The van der Waals surface area contributed by atoms with Gasteiger partial charge >= 0.3 is 0 Å². The van der Waals surface area contributed by atoms with Crippen molar-refractivity contribution in [2.75, 3.05) is 11.5 Å². The third kappa shape index (κ3) is 2.76. The van der Waals surface area contributed by atoms with E-state index < -0.39 is 15.9 Å². The summed E-state index contributed by atoms with van der Waals surface area (Å²) in [6.07, 6.45) is 4.25. The fourth-order valence-corrected chi connectivity index (χ4v) is 4.81. The van der Waals surface area contributed by atoms with E-state index in [1.54, 1.807) is 0 Å². The minimum Gasteiger partial charge on any atom is -0.386 e. The second-order valence-corrected chi connectivity index (χ2v) is 7.58. The van der Waals surface area contributed by atoms with Gasteiger partial charge in [-0.2, -0.15) is 0 Å². The Morgan fingerprint density at radius 1 is 1.12 bits per heavy atom. The maximum atomic E-state index is 11.4. The van der Waals surface area contributed by atoms with Crippen LogP contribution in [0.1, 0.15) is 32.6 Å². The molecule has 0 amide bonds. The Kier molecular flexibility index (Phi) is 3.56.